The number of carbonyl (C=O) groups is 1. The highest BCUT2D eigenvalue weighted by atomic mass is 16.1. The minimum Gasteiger partial charge on any atom is -0.348 e. The first kappa shape index (κ1) is 19.4. The van der Waals surface area contributed by atoms with Gasteiger partial charge in [-0.05, 0) is 29.7 Å². The number of rotatable bonds is 6. The lowest BCUT2D eigenvalue weighted by atomic mass is 10.2. The quantitative estimate of drug-likeness (QED) is 0.527. The molecule has 4 aromatic rings. The van der Waals surface area contributed by atoms with Crippen molar-refractivity contribution in [1.82, 2.24) is 29.7 Å². The lowest BCUT2D eigenvalue weighted by Gasteiger charge is -2.16. The molecule has 4 heterocycles. The van der Waals surface area contributed by atoms with Gasteiger partial charge in [0.1, 0.15) is 5.52 Å². The molecule has 0 aliphatic carbocycles. The molecule has 0 bridgehead atoms. The maximum absolute atomic E-state index is 12.8. The number of aromatic nitrogens is 4. The monoisotopic (exact) mass is 412 g/mol. The van der Waals surface area contributed by atoms with E-state index in [4.69, 9.17) is 0 Å². The van der Waals surface area contributed by atoms with E-state index in [-0.39, 0.29) is 11.9 Å². The Hall–Kier alpha value is -3.58. The first-order valence-electron chi connectivity index (χ1n) is 10.5. The highest BCUT2D eigenvalue weighted by Crippen LogP contribution is 2.16. The molecule has 1 amide bonds. The topological polar surface area (TPSA) is 75.9 Å². The number of hydrogen-bond acceptors (Lipinski definition) is 5. The normalized spacial score (nSPS) is 16.6. The van der Waals surface area contributed by atoms with Crippen molar-refractivity contribution >= 4 is 17.1 Å². The van der Waals surface area contributed by atoms with Crippen molar-refractivity contribution in [3.05, 3.63) is 90.1 Å². The molecule has 31 heavy (non-hydrogen) atoms. The van der Waals surface area contributed by atoms with E-state index in [0.717, 1.165) is 37.3 Å². The number of fused-ring (bicyclic) bond motifs is 1. The summed E-state index contributed by atoms with van der Waals surface area (Å²) in [7, 11) is 0. The van der Waals surface area contributed by atoms with Gasteiger partial charge in [0, 0.05) is 44.3 Å². The highest BCUT2D eigenvalue weighted by Gasteiger charge is 2.24. The molecule has 3 aromatic heterocycles. The fraction of sp³-hybridized carbons (Fsp3) is 0.250. The van der Waals surface area contributed by atoms with Crippen molar-refractivity contribution in [2.45, 2.75) is 25.6 Å². The Bertz CT molecular complexity index is 1170. The zero-order valence-electron chi connectivity index (χ0n) is 17.2. The van der Waals surface area contributed by atoms with Crippen LogP contribution in [-0.4, -0.2) is 49.5 Å². The second-order valence-electron chi connectivity index (χ2n) is 7.98. The van der Waals surface area contributed by atoms with Crippen LogP contribution in [0.5, 0.6) is 0 Å². The molecular formula is C24H24N6O. The van der Waals surface area contributed by atoms with E-state index >= 15 is 0 Å². The van der Waals surface area contributed by atoms with E-state index in [2.05, 4.69) is 49.4 Å². The fourth-order valence-electron chi connectivity index (χ4n) is 4.08. The number of pyridine rings is 2. The standard InChI is InChI=1S/C24H24N6O/c31-24(28-21-8-10-29(16-21)14-18-5-2-1-3-6-18)20-11-22-23(26-13-20)30(17-27-22)15-19-7-4-9-25-12-19/h1-7,9,11-13,17,21H,8,10,14-16H2,(H,28,31). The van der Waals surface area contributed by atoms with Crippen molar-refractivity contribution in [2.24, 2.45) is 0 Å². The van der Waals surface area contributed by atoms with Crippen LogP contribution in [0.4, 0.5) is 0 Å². The van der Waals surface area contributed by atoms with Crippen molar-refractivity contribution in [3.63, 3.8) is 0 Å². The molecule has 1 N–H and O–H groups in total. The van der Waals surface area contributed by atoms with Crippen LogP contribution < -0.4 is 5.32 Å². The predicted octanol–water partition coefficient (Wildman–Crippen LogP) is 2.88. The summed E-state index contributed by atoms with van der Waals surface area (Å²) in [5.41, 5.74) is 4.39. The second-order valence-corrected chi connectivity index (χ2v) is 7.98. The van der Waals surface area contributed by atoms with Gasteiger partial charge < -0.3 is 9.88 Å². The number of nitrogens with zero attached hydrogens (tertiary/aromatic N) is 5. The molecule has 7 nitrogen and oxygen atoms in total. The van der Waals surface area contributed by atoms with Crippen LogP contribution in [0.3, 0.4) is 0 Å². The average molecular weight is 412 g/mol. The molecule has 1 fully saturated rings. The molecule has 1 unspecified atom stereocenters. The third kappa shape index (κ3) is 4.46. The number of amides is 1. The SMILES string of the molecule is O=C(NC1CCN(Cc2ccccc2)C1)c1cnc2c(c1)ncn2Cc1cccnc1. The number of hydrogen-bond donors (Lipinski definition) is 1. The molecule has 5 rings (SSSR count). The molecule has 1 atom stereocenters. The molecule has 0 saturated carbocycles. The van der Waals surface area contributed by atoms with Crippen LogP contribution >= 0.6 is 0 Å². The molecule has 0 radical (unpaired) electrons. The highest BCUT2D eigenvalue weighted by molar-refractivity contribution is 5.96. The maximum atomic E-state index is 12.8. The maximum Gasteiger partial charge on any atom is 0.253 e. The molecule has 1 saturated heterocycles. The Labute approximate surface area is 180 Å². The first-order chi connectivity index (χ1) is 15.2. The van der Waals surface area contributed by atoms with Gasteiger partial charge >= 0.3 is 0 Å². The van der Waals surface area contributed by atoms with Crippen LogP contribution in [0.1, 0.15) is 27.9 Å². The first-order valence-corrected chi connectivity index (χ1v) is 10.5. The number of nitrogens with one attached hydrogen (secondary N) is 1. The second kappa shape index (κ2) is 8.65. The molecule has 1 aliphatic rings. The van der Waals surface area contributed by atoms with Gasteiger partial charge in [0.25, 0.3) is 5.91 Å². The number of carbonyl (C=O) groups excluding carboxylic acids is 1. The summed E-state index contributed by atoms with van der Waals surface area (Å²) in [6.45, 7) is 3.39. The molecule has 0 spiro atoms. The van der Waals surface area contributed by atoms with Gasteiger partial charge in [0.15, 0.2) is 5.65 Å². The van der Waals surface area contributed by atoms with Crippen LogP contribution in [0, 0.1) is 0 Å². The van der Waals surface area contributed by atoms with E-state index in [1.807, 2.05) is 35.0 Å². The van der Waals surface area contributed by atoms with E-state index in [1.54, 1.807) is 18.7 Å². The van der Waals surface area contributed by atoms with E-state index in [1.165, 1.54) is 5.56 Å². The zero-order chi connectivity index (χ0) is 21.0. The Morgan fingerprint density at radius 1 is 1.03 bits per heavy atom. The van der Waals surface area contributed by atoms with Gasteiger partial charge in [-0.2, -0.15) is 0 Å². The number of benzene rings is 1. The Kier molecular flexibility index (Phi) is 5.41. The van der Waals surface area contributed by atoms with E-state index in [9.17, 15) is 4.79 Å². The van der Waals surface area contributed by atoms with Gasteiger partial charge in [-0.3, -0.25) is 14.7 Å². The minimum atomic E-state index is -0.0947. The Morgan fingerprint density at radius 2 is 1.90 bits per heavy atom. The van der Waals surface area contributed by atoms with Crippen molar-refractivity contribution in [1.29, 1.82) is 0 Å². The number of imidazole rings is 1. The smallest absolute Gasteiger partial charge is 0.253 e. The summed E-state index contributed by atoms with van der Waals surface area (Å²) in [6, 6.07) is 16.3. The number of likely N-dealkylation sites (tertiary alicyclic amines) is 1. The molecule has 7 heteroatoms. The summed E-state index contributed by atoms with van der Waals surface area (Å²) in [6.07, 6.45) is 7.93. The van der Waals surface area contributed by atoms with E-state index < -0.39 is 0 Å². The zero-order valence-corrected chi connectivity index (χ0v) is 17.2. The third-order valence-electron chi connectivity index (χ3n) is 5.65. The van der Waals surface area contributed by atoms with Crippen LogP contribution in [-0.2, 0) is 13.1 Å². The lowest BCUT2D eigenvalue weighted by molar-refractivity contribution is 0.0937. The van der Waals surface area contributed by atoms with Gasteiger partial charge in [-0.15, -0.1) is 0 Å². The van der Waals surface area contributed by atoms with Gasteiger partial charge in [-0.1, -0.05) is 36.4 Å². The molecular weight excluding hydrogens is 388 g/mol. The van der Waals surface area contributed by atoms with Crippen LogP contribution in [0.25, 0.3) is 11.2 Å². The summed E-state index contributed by atoms with van der Waals surface area (Å²) in [5, 5.41) is 3.16. The minimum absolute atomic E-state index is 0.0947. The summed E-state index contributed by atoms with van der Waals surface area (Å²) in [4.78, 5) is 28.3. The summed E-state index contributed by atoms with van der Waals surface area (Å²) >= 11 is 0. The van der Waals surface area contributed by atoms with Gasteiger partial charge in [-0.25, -0.2) is 9.97 Å². The van der Waals surface area contributed by atoms with Crippen molar-refractivity contribution in [2.75, 3.05) is 13.1 Å². The van der Waals surface area contributed by atoms with Crippen LogP contribution in [0.2, 0.25) is 0 Å². The van der Waals surface area contributed by atoms with Crippen molar-refractivity contribution in [3.8, 4) is 0 Å². The predicted molar refractivity (Wildman–Crippen MR) is 118 cm³/mol. The molecule has 1 aromatic carbocycles. The van der Waals surface area contributed by atoms with Gasteiger partial charge in [0.05, 0.1) is 18.4 Å². The summed E-state index contributed by atoms with van der Waals surface area (Å²) in [5.74, 6) is -0.0947. The Morgan fingerprint density at radius 3 is 2.74 bits per heavy atom. The third-order valence-corrected chi connectivity index (χ3v) is 5.65. The van der Waals surface area contributed by atoms with E-state index in [0.29, 0.717) is 17.6 Å². The Balaban J connectivity index is 1.22. The fourth-order valence-corrected chi connectivity index (χ4v) is 4.08. The molecule has 1 aliphatic heterocycles. The lowest BCUT2D eigenvalue weighted by Crippen LogP contribution is -2.37. The average Bonchev–Trinajstić information content (AvgIpc) is 3.41. The van der Waals surface area contributed by atoms with Crippen LogP contribution in [0.15, 0.2) is 73.4 Å². The van der Waals surface area contributed by atoms with Crippen molar-refractivity contribution < 1.29 is 4.79 Å². The largest absolute Gasteiger partial charge is 0.348 e. The molecule has 156 valence electrons. The summed E-state index contributed by atoms with van der Waals surface area (Å²) < 4.78 is 1.96. The van der Waals surface area contributed by atoms with Gasteiger partial charge in [0.2, 0.25) is 0 Å².